The van der Waals surface area contributed by atoms with Gasteiger partial charge in [0, 0.05) is 30.9 Å². The molecule has 0 bridgehead atoms. The average molecular weight is 713 g/mol. The number of carbonyl (C=O) groups is 1. The van der Waals surface area contributed by atoms with Crippen LogP contribution in [-0.4, -0.2) is 141 Å². The molecule has 4 aliphatic carbocycles. The van der Waals surface area contributed by atoms with Crippen molar-refractivity contribution < 1.29 is 69.0 Å². The van der Waals surface area contributed by atoms with Crippen LogP contribution >= 0.6 is 0 Å². The van der Waals surface area contributed by atoms with E-state index in [9.17, 15) is 40.5 Å². The second-order valence-corrected chi connectivity index (χ2v) is 16.7. The van der Waals surface area contributed by atoms with E-state index < -0.39 is 85.1 Å². The fourth-order valence-corrected chi connectivity index (χ4v) is 11.7. The molecule has 6 fully saturated rings. The van der Waals surface area contributed by atoms with Gasteiger partial charge in [0.2, 0.25) is 0 Å². The summed E-state index contributed by atoms with van der Waals surface area (Å²) in [6.07, 6.45) is -5.43. The lowest BCUT2D eigenvalue weighted by atomic mass is 9.43. The lowest BCUT2D eigenvalue weighted by molar-refractivity contribution is -0.362. The standard InChI is InChI=1S/C36H56O14/c1-16-30(50-32-28(42)27(41)26(40)23(14-37)49-32)31(45-4)29(43)33(47-16)48-19-7-9-34(2)18(12-19)5-6-21-20(34)8-10-35(3)25(17-11-24(39)46-15-17)22(38)13-36(21,35)44/h11,16,18-23,25-33,37-38,40-44H,5-10,12-15H2,1-4H3. The van der Waals surface area contributed by atoms with E-state index in [2.05, 4.69) is 13.8 Å². The molecule has 14 nitrogen and oxygen atoms in total. The largest absolute Gasteiger partial charge is 0.458 e. The van der Waals surface area contributed by atoms with Gasteiger partial charge in [-0.15, -0.1) is 0 Å². The lowest BCUT2D eigenvalue weighted by Gasteiger charge is -2.63. The Kier molecular flexibility index (Phi) is 10.0. The summed E-state index contributed by atoms with van der Waals surface area (Å²) in [7, 11) is 1.42. The van der Waals surface area contributed by atoms with Crippen LogP contribution in [0.5, 0.6) is 0 Å². The van der Waals surface area contributed by atoms with Crippen LogP contribution in [0.15, 0.2) is 11.6 Å². The first-order valence-electron chi connectivity index (χ1n) is 18.4. The number of cyclic esters (lactones) is 1. The molecule has 0 radical (unpaired) electrons. The summed E-state index contributed by atoms with van der Waals surface area (Å²) >= 11 is 0. The molecule has 0 aromatic heterocycles. The molecule has 4 saturated carbocycles. The number of aliphatic hydroxyl groups is 7. The minimum absolute atomic E-state index is 0.0330. The summed E-state index contributed by atoms with van der Waals surface area (Å²) < 4.78 is 35.0. The van der Waals surface area contributed by atoms with E-state index >= 15 is 0 Å². The minimum Gasteiger partial charge on any atom is -0.458 e. The van der Waals surface area contributed by atoms with E-state index in [1.54, 1.807) is 6.92 Å². The van der Waals surface area contributed by atoms with Crippen molar-refractivity contribution in [2.45, 2.75) is 151 Å². The van der Waals surface area contributed by atoms with Crippen molar-refractivity contribution in [1.29, 1.82) is 0 Å². The van der Waals surface area contributed by atoms with Gasteiger partial charge in [-0.2, -0.15) is 0 Å². The number of esters is 1. The molecule has 0 aromatic rings. The molecule has 14 heteroatoms. The van der Waals surface area contributed by atoms with E-state index in [1.807, 2.05) is 0 Å². The van der Waals surface area contributed by atoms with E-state index in [4.69, 9.17) is 28.4 Å². The molecule has 0 spiro atoms. The van der Waals surface area contributed by atoms with E-state index in [1.165, 1.54) is 13.2 Å². The van der Waals surface area contributed by atoms with Crippen LogP contribution in [0.4, 0.5) is 0 Å². The Morgan fingerprint density at radius 3 is 2.30 bits per heavy atom. The molecule has 7 rings (SSSR count). The van der Waals surface area contributed by atoms with Gasteiger partial charge in [0.1, 0.15) is 49.3 Å². The molecule has 0 amide bonds. The SMILES string of the molecule is COC1C(O)C(OC2CCC3(C)C(CCC4C3CCC3(C)C(C5=CC(=O)OC5)C(O)CC43O)C2)OC(C)C1OC1OC(CO)C(O)C(O)C1O. The molecule has 2 saturated heterocycles. The van der Waals surface area contributed by atoms with Crippen LogP contribution in [-0.2, 0) is 33.2 Å². The smallest absolute Gasteiger partial charge is 0.331 e. The maximum atomic E-state index is 12.5. The molecule has 3 heterocycles. The molecule has 50 heavy (non-hydrogen) atoms. The quantitative estimate of drug-likeness (QED) is 0.136. The molecule has 3 aliphatic heterocycles. The zero-order valence-corrected chi connectivity index (χ0v) is 29.4. The Hall–Kier alpha value is -1.27. The highest BCUT2D eigenvalue weighted by atomic mass is 16.7. The Morgan fingerprint density at radius 2 is 1.62 bits per heavy atom. The third-order valence-corrected chi connectivity index (χ3v) is 14.4. The van der Waals surface area contributed by atoms with Crippen molar-refractivity contribution in [3.63, 3.8) is 0 Å². The van der Waals surface area contributed by atoms with Crippen LogP contribution in [0.2, 0.25) is 0 Å². The van der Waals surface area contributed by atoms with Gasteiger partial charge in [0.15, 0.2) is 12.6 Å². The predicted octanol–water partition coefficient (Wildman–Crippen LogP) is -0.0948. The molecule has 7 N–H and O–H groups in total. The van der Waals surface area contributed by atoms with Gasteiger partial charge in [0.25, 0.3) is 0 Å². The zero-order valence-electron chi connectivity index (χ0n) is 29.4. The molecular weight excluding hydrogens is 656 g/mol. The van der Waals surface area contributed by atoms with Crippen molar-refractivity contribution in [3.8, 4) is 0 Å². The molecule has 19 unspecified atom stereocenters. The maximum Gasteiger partial charge on any atom is 0.331 e. The Labute approximate surface area is 292 Å². The number of ether oxygens (including phenoxy) is 6. The van der Waals surface area contributed by atoms with Gasteiger partial charge in [-0.05, 0) is 80.6 Å². The number of aliphatic hydroxyl groups excluding tert-OH is 6. The van der Waals surface area contributed by atoms with Crippen LogP contribution in [0.25, 0.3) is 0 Å². The lowest BCUT2D eigenvalue weighted by Crippen LogP contribution is -2.64. The fourth-order valence-electron chi connectivity index (χ4n) is 11.7. The number of rotatable bonds is 7. The van der Waals surface area contributed by atoms with Crippen LogP contribution in [0.3, 0.4) is 0 Å². The maximum absolute atomic E-state index is 12.5. The molecule has 284 valence electrons. The van der Waals surface area contributed by atoms with Crippen molar-refractivity contribution in [2.24, 2.45) is 34.5 Å². The highest BCUT2D eigenvalue weighted by molar-refractivity contribution is 5.85. The van der Waals surface area contributed by atoms with E-state index in [0.717, 1.165) is 50.5 Å². The van der Waals surface area contributed by atoms with Crippen molar-refractivity contribution in [3.05, 3.63) is 11.6 Å². The third kappa shape index (κ3) is 5.72. The van der Waals surface area contributed by atoms with Gasteiger partial charge >= 0.3 is 5.97 Å². The first-order valence-corrected chi connectivity index (χ1v) is 18.4. The van der Waals surface area contributed by atoms with Gasteiger partial charge in [-0.3, -0.25) is 0 Å². The highest BCUT2D eigenvalue weighted by Crippen LogP contribution is 2.70. The number of fused-ring (bicyclic) bond motifs is 5. The summed E-state index contributed by atoms with van der Waals surface area (Å²) in [6.45, 7) is 5.74. The van der Waals surface area contributed by atoms with Crippen molar-refractivity contribution >= 4 is 5.97 Å². The summed E-state index contributed by atoms with van der Waals surface area (Å²) in [4.78, 5) is 11.9. The predicted molar refractivity (Wildman–Crippen MR) is 172 cm³/mol. The Morgan fingerprint density at radius 1 is 0.880 bits per heavy atom. The van der Waals surface area contributed by atoms with Gasteiger partial charge in [0.05, 0.1) is 30.5 Å². The number of methoxy groups -OCH3 is 1. The summed E-state index contributed by atoms with van der Waals surface area (Å²) in [5.41, 5.74) is -0.841. The second kappa shape index (κ2) is 13.5. The fraction of sp³-hybridized carbons (Fsp3) is 0.917. The number of carbonyl (C=O) groups excluding carboxylic acids is 1. The van der Waals surface area contributed by atoms with Crippen molar-refractivity contribution in [1.82, 2.24) is 0 Å². The van der Waals surface area contributed by atoms with Crippen LogP contribution in [0, 0.1) is 34.5 Å². The summed E-state index contributed by atoms with van der Waals surface area (Å²) in [5, 5.41) is 75.7. The summed E-state index contributed by atoms with van der Waals surface area (Å²) in [6, 6.07) is 0. The first kappa shape index (κ1) is 37.1. The first-order chi connectivity index (χ1) is 23.7. The molecule has 19 atom stereocenters. The third-order valence-electron chi connectivity index (χ3n) is 14.4. The van der Waals surface area contributed by atoms with Gasteiger partial charge < -0.3 is 64.2 Å². The normalized spacial score (nSPS) is 55.1. The molecule has 7 aliphatic rings. The molecule has 0 aromatic carbocycles. The molecular formula is C36H56O14. The van der Waals surface area contributed by atoms with Crippen molar-refractivity contribution in [2.75, 3.05) is 20.3 Å². The van der Waals surface area contributed by atoms with Gasteiger partial charge in [-0.25, -0.2) is 4.79 Å². The van der Waals surface area contributed by atoms with Gasteiger partial charge in [-0.1, -0.05) is 13.8 Å². The topological polar surface area (TPSA) is 214 Å². The Bertz CT molecular complexity index is 1300. The second-order valence-electron chi connectivity index (χ2n) is 16.7. The zero-order chi connectivity index (χ0) is 35.9. The van der Waals surface area contributed by atoms with Crippen LogP contribution in [0.1, 0.15) is 72.1 Å². The van der Waals surface area contributed by atoms with E-state index in [-0.39, 0.29) is 41.8 Å². The number of hydrogen-bond acceptors (Lipinski definition) is 14. The average Bonchev–Trinajstić information content (AvgIpc) is 3.59. The number of hydrogen-bond donors (Lipinski definition) is 7. The van der Waals surface area contributed by atoms with E-state index in [0.29, 0.717) is 12.3 Å². The Balaban J connectivity index is 1.000. The monoisotopic (exact) mass is 712 g/mol. The highest BCUT2D eigenvalue weighted by Gasteiger charge is 2.70. The summed E-state index contributed by atoms with van der Waals surface area (Å²) in [5.74, 6) is -0.0506. The van der Waals surface area contributed by atoms with Crippen LogP contribution < -0.4 is 0 Å². The minimum atomic E-state index is -1.61.